The van der Waals surface area contributed by atoms with E-state index in [0.29, 0.717) is 0 Å². The summed E-state index contributed by atoms with van der Waals surface area (Å²) >= 11 is 0. The molecule has 0 unspecified atom stereocenters. The summed E-state index contributed by atoms with van der Waals surface area (Å²) in [7, 11) is 0. The Morgan fingerprint density at radius 2 is 1.30 bits per heavy atom. The van der Waals surface area contributed by atoms with Crippen molar-refractivity contribution in [2.45, 2.75) is 0 Å². The maximum atomic E-state index is 12.8. The molecule has 1 aliphatic heterocycles. The Hall–Kier alpha value is -4.60. The normalized spacial score (nSPS) is 12.6. The molecule has 10 nitrogen and oxygen atoms in total. The zero-order valence-electron chi connectivity index (χ0n) is 15.1. The van der Waals surface area contributed by atoms with Crippen LogP contribution in [-0.2, 0) is 0 Å². The number of carbonyl (C=O) groups excluding carboxylic acids is 2. The molecule has 0 bridgehead atoms. The van der Waals surface area contributed by atoms with Crippen molar-refractivity contribution < 1.29 is 24.2 Å². The van der Waals surface area contributed by atoms with E-state index in [1.165, 1.54) is 60.7 Å². The summed E-state index contributed by atoms with van der Waals surface area (Å²) in [4.78, 5) is 47.1. The number of amides is 2. The van der Waals surface area contributed by atoms with Gasteiger partial charge in [-0.25, -0.2) is 4.90 Å². The third-order valence-corrected chi connectivity index (χ3v) is 4.42. The number of anilines is 1. The molecule has 30 heavy (non-hydrogen) atoms. The van der Waals surface area contributed by atoms with Gasteiger partial charge in [-0.3, -0.25) is 29.8 Å². The second kappa shape index (κ2) is 7.09. The molecule has 1 aliphatic rings. The minimum absolute atomic E-state index is 0.0643. The van der Waals surface area contributed by atoms with Crippen LogP contribution in [0.2, 0.25) is 0 Å². The molecule has 1 heterocycles. The molecule has 0 saturated carbocycles. The van der Waals surface area contributed by atoms with E-state index in [1.807, 2.05) is 0 Å². The lowest BCUT2D eigenvalue weighted by Crippen LogP contribution is -2.29. The molecular weight excluding hydrogens is 394 g/mol. The number of imide groups is 1. The Kier molecular flexibility index (Phi) is 4.43. The van der Waals surface area contributed by atoms with Gasteiger partial charge in [0, 0.05) is 18.2 Å². The van der Waals surface area contributed by atoms with Gasteiger partial charge in [-0.2, -0.15) is 0 Å². The number of ether oxygens (including phenoxy) is 1. The maximum absolute atomic E-state index is 12.8. The van der Waals surface area contributed by atoms with Crippen molar-refractivity contribution >= 4 is 28.9 Å². The van der Waals surface area contributed by atoms with Crippen LogP contribution in [-0.4, -0.2) is 21.7 Å². The van der Waals surface area contributed by atoms with Crippen LogP contribution < -0.4 is 9.64 Å². The van der Waals surface area contributed by atoms with Crippen molar-refractivity contribution in [2.75, 3.05) is 4.90 Å². The average molecular weight is 405 g/mol. The maximum Gasteiger partial charge on any atom is 0.273 e. The largest absolute Gasteiger partial charge is 0.457 e. The number of nitro groups is 2. The van der Waals surface area contributed by atoms with Crippen LogP contribution in [0.15, 0.2) is 66.7 Å². The number of nitrogens with zero attached hydrogens (tertiary/aromatic N) is 3. The number of non-ortho nitro benzene ring substituents is 2. The van der Waals surface area contributed by atoms with Crippen molar-refractivity contribution in [3.05, 3.63) is 98.1 Å². The molecule has 3 aromatic carbocycles. The molecule has 10 heteroatoms. The van der Waals surface area contributed by atoms with Gasteiger partial charge in [-0.1, -0.05) is 12.1 Å². The Bertz CT molecular complexity index is 1240. The Balaban J connectivity index is 1.65. The van der Waals surface area contributed by atoms with Gasteiger partial charge in [0.15, 0.2) is 0 Å². The van der Waals surface area contributed by atoms with Crippen LogP contribution >= 0.6 is 0 Å². The van der Waals surface area contributed by atoms with Crippen molar-refractivity contribution in [3.8, 4) is 11.5 Å². The quantitative estimate of drug-likeness (QED) is 0.354. The van der Waals surface area contributed by atoms with Crippen molar-refractivity contribution in [1.82, 2.24) is 0 Å². The smallest absolute Gasteiger partial charge is 0.273 e. The fraction of sp³-hybridized carbons (Fsp3) is 0. The molecular formula is C20H11N3O7. The summed E-state index contributed by atoms with van der Waals surface area (Å²) in [6.45, 7) is 0. The molecule has 0 spiro atoms. The van der Waals surface area contributed by atoms with Crippen LogP contribution in [0.3, 0.4) is 0 Å². The molecule has 0 N–H and O–H groups in total. The molecule has 148 valence electrons. The minimum Gasteiger partial charge on any atom is -0.457 e. The lowest BCUT2D eigenvalue weighted by molar-refractivity contribution is -0.385. The molecule has 0 saturated heterocycles. The van der Waals surface area contributed by atoms with Gasteiger partial charge in [-0.05, 0) is 30.3 Å². The van der Waals surface area contributed by atoms with E-state index in [0.717, 1.165) is 11.0 Å². The summed E-state index contributed by atoms with van der Waals surface area (Å²) in [6, 6.07) is 14.9. The van der Waals surface area contributed by atoms with Gasteiger partial charge in [0.25, 0.3) is 23.2 Å². The van der Waals surface area contributed by atoms with E-state index < -0.39 is 21.7 Å². The number of nitro benzene ring substituents is 2. The number of carbonyl (C=O) groups is 2. The van der Waals surface area contributed by atoms with Gasteiger partial charge < -0.3 is 4.74 Å². The van der Waals surface area contributed by atoms with Gasteiger partial charge in [0.05, 0.1) is 32.7 Å². The third-order valence-electron chi connectivity index (χ3n) is 4.42. The molecule has 0 aliphatic carbocycles. The number of fused-ring (bicyclic) bond motifs is 1. The average Bonchev–Trinajstić information content (AvgIpc) is 2.98. The highest BCUT2D eigenvalue weighted by atomic mass is 16.6. The topological polar surface area (TPSA) is 133 Å². The summed E-state index contributed by atoms with van der Waals surface area (Å²) in [5.74, 6) is -0.870. The monoisotopic (exact) mass is 405 g/mol. The van der Waals surface area contributed by atoms with Crippen LogP contribution in [0, 0.1) is 20.2 Å². The van der Waals surface area contributed by atoms with Crippen molar-refractivity contribution in [1.29, 1.82) is 0 Å². The zero-order valence-corrected chi connectivity index (χ0v) is 15.1. The molecule has 0 atom stereocenters. The molecule has 0 radical (unpaired) electrons. The van der Waals surface area contributed by atoms with Gasteiger partial charge >= 0.3 is 0 Å². The minimum atomic E-state index is -0.653. The van der Waals surface area contributed by atoms with Crippen molar-refractivity contribution in [2.24, 2.45) is 0 Å². The second-order valence-corrected chi connectivity index (χ2v) is 6.29. The lowest BCUT2D eigenvalue weighted by Gasteiger charge is -2.13. The SMILES string of the molecule is O=C1c2ccc(Oc3cccc([N+](=O)[O-])c3)cc2C(=O)N1c1cccc([N+](=O)[O-])c1. The van der Waals surface area contributed by atoms with Crippen molar-refractivity contribution in [3.63, 3.8) is 0 Å². The second-order valence-electron chi connectivity index (χ2n) is 6.29. The summed E-state index contributed by atoms with van der Waals surface area (Å²) in [5.41, 5.74) is -0.139. The van der Waals surface area contributed by atoms with Crippen LogP contribution in [0.5, 0.6) is 11.5 Å². The van der Waals surface area contributed by atoms with Crippen LogP contribution in [0.4, 0.5) is 17.1 Å². The van der Waals surface area contributed by atoms with Crippen LogP contribution in [0.25, 0.3) is 0 Å². The lowest BCUT2D eigenvalue weighted by atomic mass is 10.1. The first-order chi connectivity index (χ1) is 14.3. The molecule has 4 rings (SSSR count). The summed E-state index contributed by atoms with van der Waals surface area (Å²) in [5, 5.41) is 21.9. The Morgan fingerprint density at radius 3 is 2.00 bits per heavy atom. The number of rotatable bonds is 5. The van der Waals surface area contributed by atoms with E-state index in [2.05, 4.69) is 0 Å². The molecule has 3 aromatic rings. The zero-order chi connectivity index (χ0) is 21.4. The number of benzene rings is 3. The van der Waals surface area contributed by atoms with E-state index in [-0.39, 0.29) is 39.7 Å². The molecule has 0 fully saturated rings. The summed E-state index contributed by atoms with van der Waals surface area (Å²) < 4.78 is 5.59. The Morgan fingerprint density at radius 1 is 0.700 bits per heavy atom. The molecule has 2 amide bonds. The number of hydrogen-bond donors (Lipinski definition) is 0. The van der Waals surface area contributed by atoms with Gasteiger partial charge in [0.1, 0.15) is 11.5 Å². The van der Waals surface area contributed by atoms with Gasteiger partial charge in [0.2, 0.25) is 0 Å². The van der Waals surface area contributed by atoms with Gasteiger partial charge in [-0.15, -0.1) is 0 Å². The number of hydrogen-bond acceptors (Lipinski definition) is 7. The highest BCUT2D eigenvalue weighted by Gasteiger charge is 2.37. The van der Waals surface area contributed by atoms with E-state index in [4.69, 9.17) is 4.74 Å². The van der Waals surface area contributed by atoms with E-state index in [9.17, 15) is 29.8 Å². The van der Waals surface area contributed by atoms with E-state index >= 15 is 0 Å². The first-order valence-corrected chi connectivity index (χ1v) is 8.55. The summed E-state index contributed by atoms with van der Waals surface area (Å²) in [6.07, 6.45) is 0. The fourth-order valence-electron chi connectivity index (χ4n) is 3.06. The fourth-order valence-corrected chi connectivity index (χ4v) is 3.06. The predicted octanol–water partition coefficient (Wildman–Crippen LogP) is 4.10. The third kappa shape index (κ3) is 3.22. The highest BCUT2D eigenvalue weighted by Crippen LogP contribution is 2.34. The molecule has 0 aromatic heterocycles. The standard InChI is InChI=1S/C20H11N3O7/c24-19-17-8-7-16(30-15-6-2-5-14(10-15)23(28)29)11-18(17)20(25)21(19)12-3-1-4-13(9-12)22(26)27/h1-11H. The van der Waals surface area contributed by atoms with E-state index in [1.54, 1.807) is 0 Å². The highest BCUT2D eigenvalue weighted by molar-refractivity contribution is 6.34. The first-order valence-electron chi connectivity index (χ1n) is 8.55. The predicted molar refractivity (Wildman–Crippen MR) is 104 cm³/mol. The first kappa shape index (κ1) is 18.7. The Labute approximate surface area is 168 Å². The van der Waals surface area contributed by atoms with Crippen LogP contribution in [0.1, 0.15) is 20.7 Å².